The van der Waals surface area contributed by atoms with Gasteiger partial charge in [0.2, 0.25) is 0 Å². The van der Waals surface area contributed by atoms with Crippen molar-refractivity contribution in [3.05, 3.63) is 29.3 Å². The fraction of sp³-hybridized carbons (Fsp3) is 0.400. The molecule has 2 rings (SSSR count). The van der Waals surface area contributed by atoms with Crippen molar-refractivity contribution in [2.45, 2.75) is 20.0 Å². The first-order valence-electron chi connectivity index (χ1n) is 6.89. The van der Waals surface area contributed by atoms with Crippen LogP contribution in [-0.2, 0) is 9.53 Å². The molecular formula is C15H18N2O5. The van der Waals surface area contributed by atoms with Crippen LogP contribution in [0.3, 0.4) is 0 Å². The average molecular weight is 306 g/mol. The molecule has 1 atom stereocenters. The lowest BCUT2D eigenvalue weighted by Crippen LogP contribution is -2.41. The topological polar surface area (TPSA) is 84.9 Å². The Balaban J connectivity index is 2.09. The number of nitrogens with one attached hydrogen (secondary N) is 1. The number of hydrogen-bond acceptors (Lipinski definition) is 5. The Morgan fingerprint density at radius 1 is 1.36 bits per heavy atom. The van der Waals surface area contributed by atoms with Crippen molar-refractivity contribution in [1.82, 2.24) is 10.2 Å². The minimum absolute atomic E-state index is 0.244. The van der Waals surface area contributed by atoms with E-state index in [2.05, 4.69) is 5.32 Å². The summed E-state index contributed by atoms with van der Waals surface area (Å²) in [5.74, 6) is -0.842. The van der Waals surface area contributed by atoms with Crippen molar-refractivity contribution in [3.63, 3.8) is 0 Å². The zero-order valence-electron chi connectivity index (χ0n) is 12.7. The summed E-state index contributed by atoms with van der Waals surface area (Å²) in [6, 6.07) is 4.62. The lowest BCUT2D eigenvalue weighted by molar-refractivity contribution is -0.136. The van der Waals surface area contributed by atoms with Gasteiger partial charge in [-0.05, 0) is 26.0 Å². The largest absolute Gasteiger partial charge is 0.496 e. The maximum atomic E-state index is 12.2. The minimum Gasteiger partial charge on any atom is -0.496 e. The van der Waals surface area contributed by atoms with Crippen molar-refractivity contribution in [3.8, 4) is 5.75 Å². The van der Waals surface area contributed by atoms with Gasteiger partial charge < -0.3 is 14.8 Å². The monoisotopic (exact) mass is 306 g/mol. The summed E-state index contributed by atoms with van der Waals surface area (Å²) in [7, 11) is 1.45. The standard InChI is InChI=1S/C15H18N2O5/c1-9-4-5-12(21-3)11(8-9)14(19)22-10(2)13(18)17-7-6-16-15(17)20/h4-5,8,10H,6-7H2,1-3H3,(H,16,20)/t10-/m0/s1. The fourth-order valence-electron chi connectivity index (χ4n) is 2.16. The third kappa shape index (κ3) is 3.19. The van der Waals surface area contributed by atoms with Gasteiger partial charge in [0.25, 0.3) is 5.91 Å². The molecule has 1 aromatic rings. The highest BCUT2D eigenvalue weighted by atomic mass is 16.5. The summed E-state index contributed by atoms with van der Waals surface area (Å²) in [5.41, 5.74) is 1.11. The molecule has 0 aromatic heterocycles. The number of carbonyl (C=O) groups is 3. The molecule has 118 valence electrons. The number of imide groups is 1. The maximum Gasteiger partial charge on any atom is 0.342 e. The number of carbonyl (C=O) groups excluding carboxylic acids is 3. The average Bonchev–Trinajstić information content (AvgIpc) is 2.92. The van der Waals surface area contributed by atoms with Gasteiger partial charge >= 0.3 is 12.0 Å². The van der Waals surface area contributed by atoms with E-state index >= 15 is 0 Å². The third-order valence-corrected chi connectivity index (χ3v) is 3.33. The summed E-state index contributed by atoms with van der Waals surface area (Å²) < 4.78 is 10.3. The Morgan fingerprint density at radius 2 is 2.09 bits per heavy atom. The van der Waals surface area contributed by atoms with Gasteiger partial charge in [0, 0.05) is 13.1 Å². The number of benzene rings is 1. The molecular weight excluding hydrogens is 288 g/mol. The number of ether oxygens (including phenoxy) is 2. The first-order valence-corrected chi connectivity index (χ1v) is 6.89. The second kappa shape index (κ2) is 6.46. The van der Waals surface area contributed by atoms with Gasteiger partial charge in [-0.15, -0.1) is 0 Å². The lowest BCUT2D eigenvalue weighted by atomic mass is 10.1. The van der Waals surface area contributed by atoms with Crippen molar-refractivity contribution in [2.24, 2.45) is 0 Å². The molecule has 7 heteroatoms. The number of esters is 1. The van der Waals surface area contributed by atoms with E-state index in [1.165, 1.54) is 14.0 Å². The van der Waals surface area contributed by atoms with E-state index in [9.17, 15) is 14.4 Å². The molecule has 0 bridgehead atoms. The SMILES string of the molecule is COc1ccc(C)cc1C(=O)O[C@@H](C)C(=O)N1CCNC1=O. The highest BCUT2D eigenvalue weighted by molar-refractivity contribution is 6.00. The Bertz CT molecular complexity index is 614. The van der Waals surface area contributed by atoms with Crippen LogP contribution in [0.5, 0.6) is 5.75 Å². The molecule has 0 unspecified atom stereocenters. The zero-order chi connectivity index (χ0) is 16.3. The first kappa shape index (κ1) is 15.8. The van der Waals surface area contributed by atoms with Crippen LogP contribution < -0.4 is 10.1 Å². The summed E-state index contributed by atoms with van der Waals surface area (Å²) in [5, 5.41) is 2.52. The van der Waals surface area contributed by atoms with Crippen LogP contribution in [0.1, 0.15) is 22.8 Å². The van der Waals surface area contributed by atoms with E-state index in [-0.39, 0.29) is 12.1 Å². The molecule has 3 amide bonds. The first-order chi connectivity index (χ1) is 10.4. The van der Waals surface area contributed by atoms with Gasteiger partial charge in [0.15, 0.2) is 6.10 Å². The van der Waals surface area contributed by atoms with Crippen molar-refractivity contribution >= 4 is 17.9 Å². The van der Waals surface area contributed by atoms with Crippen LogP contribution in [0.2, 0.25) is 0 Å². The molecule has 1 aliphatic rings. The molecule has 1 aromatic carbocycles. The Hall–Kier alpha value is -2.57. The number of amides is 3. The normalized spacial score (nSPS) is 15.2. The molecule has 1 N–H and O–H groups in total. The lowest BCUT2D eigenvalue weighted by Gasteiger charge is -2.18. The number of hydrogen-bond donors (Lipinski definition) is 1. The van der Waals surface area contributed by atoms with Gasteiger partial charge in [-0.1, -0.05) is 11.6 Å². The summed E-state index contributed by atoms with van der Waals surface area (Å²) in [6.45, 7) is 3.94. The smallest absolute Gasteiger partial charge is 0.342 e. The second-order valence-corrected chi connectivity index (χ2v) is 4.97. The fourth-order valence-corrected chi connectivity index (χ4v) is 2.16. The maximum absolute atomic E-state index is 12.2. The van der Waals surface area contributed by atoms with Crippen LogP contribution in [0.15, 0.2) is 18.2 Å². The molecule has 1 fully saturated rings. The van der Waals surface area contributed by atoms with Gasteiger partial charge in [-0.3, -0.25) is 9.69 Å². The molecule has 0 radical (unpaired) electrons. The van der Waals surface area contributed by atoms with Crippen LogP contribution in [0.4, 0.5) is 4.79 Å². The zero-order valence-corrected chi connectivity index (χ0v) is 12.7. The molecule has 1 saturated heterocycles. The van der Waals surface area contributed by atoms with Gasteiger partial charge in [0.05, 0.1) is 7.11 Å². The van der Waals surface area contributed by atoms with Crippen molar-refractivity contribution in [1.29, 1.82) is 0 Å². The van der Waals surface area contributed by atoms with E-state index in [1.807, 2.05) is 6.92 Å². The molecule has 0 spiro atoms. The van der Waals surface area contributed by atoms with Crippen molar-refractivity contribution in [2.75, 3.05) is 20.2 Å². The number of methoxy groups -OCH3 is 1. The van der Waals surface area contributed by atoms with E-state index in [1.54, 1.807) is 18.2 Å². The Kier molecular flexibility index (Phi) is 4.65. The summed E-state index contributed by atoms with van der Waals surface area (Å²) in [4.78, 5) is 36.8. The van der Waals surface area contributed by atoms with Gasteiger partial charge in [-0.25, -0.2) is 9.59 Å². The van der Waals surface area contributed by atoms with E-state index in [0.29, 0.717) is 12.3 Å². The van der Waals surface area contributed by atoms with Gasteiger partial charge in [0.1, 0.15) is 11.3 Å². The number of aryl methyl sites for hydroxylation is 1. The van der Waals surface area contributed by atoms with Crippen LogP contribution in [0, 0.1) is 6.92 Å². The summed E-state index contributed by atoms with van der Waals surface area (Å²) >= 11 is 0. The van der Waals surface area contributed by atoms with E-state index in [0.717, 1.165) is 10.5 Å². The van der Waals surface area contributed by atoms with E-state index < -0.39 is 24.0 Å². The second-order valence-electron chi connectivity index (χ2n) is 4.97. The predicted octanol–water partition coefficient (Wildman–Crippen LogP) is 1.10. The molecule has 0 aliphatic carbocycles. The Morgan fingerprint density at radius 3 is 2.68 bits per heavy atom. The molecule has 7 nitrogen and oxygen atoms in total. The van der Waals surface area contributed by atoms with Crippen molar-refractivity contribution < 1.29 is 23.9 Å². The van der Waals surface area contributed by atoms with Gasteiger partial charge in [-0.2, -0.15) is 0 Å². The van der Waals surface area contributed by atoms with Crippen LogP contribution >= 0.6 is 0 Å². The van der Waals surface area contributed by atoms with Crippen LogP contribution in [-0.4, -0.2) is 49.1 Å². The summed E-state index contributed by atoms with van der Waals surface area (Å²) in [6.07, 6.45) is -1.05. The number of urea groups is 1. The molecule has 1 heterocycles. The highest BCUT2D eigenvalue weighted by Crippen LogP contribution is 2.21. The quantitative estimate of drug-likeness (QED) is 0.842. The number of nitrogens with zero attached hydrogens (tertiary/aromatic N) is 1. The number of rotatable bonds is 4. The van der Waals surface area contributed by atoms with E-state index in [4.69, 9.17) is 9.47 Å². The minimum atomic E-state index is -1.05. The van der Waals surface area contributed by atoms with Crippen LogP contribution in [0.25, 0.3) is 0 Å². The highest BCUT2D eigenvalue weighted by Gasteiger charge is 2.32. The Labute approximate surface area is 128 Å². The molecule has 1 aliphatic heterocycles. The molecule has 22 heavy (non-hydrogen) atoms. The third-order valence-electron chi connectivity index (χ3n) is 3.33. The predicted molar refractivity (Wildman–Crippen MR) is 77.7 cm³/mol. The molecule has 0 saturated carbocycles.